The number of anilines is 1. The molecule has 0 amide bonds. The molecule has 0 unspecified atom stereocenters. The van der Waals surface area contributed by atoms with Crippen LogP contribution >= 0.6 is 0 Å². The highest BCUT2D eigenvalue weighted by molar-refractivity contribution is 5.89. The fourth-order valence-electron chi connectivity index (χ4n) is 1.79. The standard InChI is InChI=1S/C13H12N2O5/c1-7-11(15-20-12(7)14)13(16)17-5-8-2-3-9-10(4-8)19-6-18-9/h2-4H,5-6,14H2,1H3. The Morgan fingerprint density at radius 3 is 2.95 bits per heavy atom. The van der Waals surface area contributed by atoms with E-state index in [0.717, 1.165) is 5.56 Å². The summed E-state index contributed by atoms with van der Waals surface area (Å²) in [6, 6.07) is 5.33. The van der Waals surface area contributed by atoms with E-state index in [1.165, 1.54) is 0 Å². The molecule has 7 heteroatoms. The lowest BCUT2D eigenvalue weighted by atomic mass is 10.2. The molecular weight excluding hydrogens is 264 g/mol. The summed E-state index contributed by atoms with van der Waals surface area (Å²) >= 11 is 0. The number of ether oxygens (including phenoxy) is 3. The molecule has 0 bridgehead atoms. The predicted octanol–water partition coefficient (Wildman–Crippen LogP) is 1.65. The van der Waals surface area contributed by atoms with Gasteiger partial charge in [0.25, 0.3) is 0 Å². The highest BCUT2D eigenvalue weighted by atomic mass is 16.7. The number of aromatic nitrogens is 1. The largest absolute Gasteiger partial charge is 0.456 e. The molecule has 1 aromatic heterocycles. The van der Waals surface area contributed by atoms with Crippen LogP contribution < -0.4 is 15.2 Å². The molecule has 0 radical (unpaired) electrons. The Balaban J connectivity index is 1.67. The van der Waals surface area contributed by atoms with Crippen molar-refractivity contribution in [2.45, 2.75) is 13.5 Å². The van der Waals surface area contributed by atoms with Gasteiger partial charge in [-0.2, -0.15) is 0 Å². The number of hydrogen-bond donors (Lipinski definition) is 1. The number of nitrogen functional groups attached to an aromatic ring is 1. The molecule has 1 aliphatic heterocycles. The van der Waals surface area contributed by atoms with Gasteiger partial charge in [-0.3, -0.25) is 0 Å². The quantitative estimate of drug-likeness (QED) is 0.851. The number of fused-ring (bicyclic) bond motifs is 1. The van der Waals surface area contributed by atoms with Gasteiger partial charge in [0.2, 0.25) is 12.7 Å². The van der Waals surface area contributed by atoms with Crippen LogP contribution in [0, 0.1) is 6.92 Å². The van der Waals surface area contributed by atoms with Gasteiger partial charge in [-0.25, -0.2) is 4.79 Å². The molecule has 0 saturated carbocycles. The molecular formula is C13H12N2O5. The molecule has 0 aliphatic carbocycles. The van der Waals surface area contributed by atoms with Gasteiger partial charge in [-0.1, -0.05) is 11.2 Å². The molecule has 20 heavy (non-hydrogen) atoms. The second-order valence-electron chi connectivity index (χ2n) is 4.28. The van der Waals surface area contributed by atoms with E-state index in [-0.39, 0.29) is 25.0 Å². The van der Waals surface area contributed by atoms with Crippen molar-refractivity contribution in [1.29, 1.82) is 0 Å². The van der Waals surface area contributed by atoms with Crippen LogP contribution in [0.25, 0.3) is 0 Å². The minimum absolute atomic E-state index is 0.0863. The van der Waals surface area contributed by atoms with Gasteiger partial charge < -0.3 is 24.5 Å². The second-order valence-corrected chi connectivity index (χ2v) is 4.28. The van der Waals surface area contributed by atoms with Gasteiger partial charge >= 0.3 is 5.97 Å². The summed E-state index contributed by atoms with van der Waals surface area (Å²) in [5, 5.41) is 3.57. The normalized spacial score (nSPS) is 12.4. The maximum atomic E-state index is 11.8. The lowest BCUT2D eigenvalue weighted by Gasteiger charge is -2.04. The number of esters is 1. The molecule has 104 valence electrons. The van der Waals surface area contributed by atoms with Gasteiger partial charge in [0.05, 0.1) is 0 Å². The van der Waals surface area contributed by atoms with E-state index in [1.54, 1.807) is 25.1 Å². The lowest BCUT2D eigenvalue weighted by Crippen LogP contribution is -2.07. The Morgan fingerprint density at radius 2 is 2.20 bits per heavy atom. The van der Waals surface area contributed by atoms with Crippen LogP contribution in [0.3, 0.4) is 0 Å². The fraction of sp³-hybridized carbons (Fsp3) is 0.231. The van der Waals surface area contributed by atoms with Crippen LogP contribution in [-0.2, 0) is 11.3 Å². The van der Waals surface area contributed by atoms with Crippen molar-refractivity contribution in [3.63, 3.8) is 0 Å². The molecule has 1 aliphatic rings. The number of hydrogen-bond acceptors (Lipinski definition) is 7. The molecule has 0 fully saturated rings. The smallest absolute Gasteiger partial charge is 0.361 e. The SMILES string of the molecule is Cc1c(C(=O)OCc2ccc3c(c2)OCO3)noc1N. The summed E-state index contributed by atoms with van der Waals surface area (Å²) < 4.78 is 20.3. The van der Waals surface area contributed by atoms with Crippen molar-refractivity contribution in [2.24, 2.45) is 0 Å². The van der Waals surface area contributed by atoms with E-state index in [2.05, 4.69) is 5.16 Å². The predicted molar refractivity (Wildman–Crippen MR) is 67.3 cm³/mol. The number of nitrogens with zero attached hydrogens (tertiary/aromatic N) is 1. The number of nitrogens with two attached hydrogens (primary N) is 1. The lowest BCUT2D eigenvalue weighted by molar-refractivity contribution is 0.0460. The van der Waals surface area contributed by atoms with Crippen LogP contribution in [0.15, 0.2) is 22.7 Å². The molecule has 2 N–H and O–H groups in total. The summed E-state index contributed by atoms with van der Waals surface area (Å²) in [6.07, 6.45) is 0. The molecule has 7 nitrogen and oxygen atoms in total. The highest BCUT2D eigenvalue weighted by Gasteiger charge is 2.19. The Labute approximate surface area is 114 Å². The van der Waals surface area contributed by atoms with Gasteiger partial charge in [0.15, 0.2) is 17.2 Å². The summed E-state index contributed by atoms with van der Waals surface area (Å²) in [4.78, 5) is 11.8. The zero-order chi connectivity index (χ0) is 14.1. The minimum Gasteiger partial charge on any atom is -0.456 e. The van der Waals surface area contributed by atoms with E-state index < -0.39 is 5.97 Å². The first kappa shape index (κ1) is 12.3. The van der Waals surface area contributed by atoms with Crippen LogP contribution in [0.1, 0.15) is 21.6 Å². The van der Waals surface area contributed by atoms with Crippen LogP contribution in [0.2, 0.25) is 0 Å². The van der Waals surface area contributed by atoms with Gasteiger partial charge in [-0.05, 0) is 24.6 Å². The molecule has 3 rings (SSSR count). The van der Waals surface area contributed by atoms with Gasteiger partial charge in [-0.15, -0.1) is 0 Å². The summed E-state index contributed by atoms with van der Waals surface area (Å²) in [7, 11) is 0. The fourth-order valence-corrected chi connectivity index (χ4v) is 1.79. The Morgan fingerprint density at radius 1 is 1.40 bits per heavy atom. The topological polar surface area (TPSA) is 96.8 Å². The minimum atomic E-state index is -0.583. The van der Waals surface area contributed by atoms with Gasteiger partial charge in [0, 0.05) is 5.56 Å². The number of benzene rings is 1. The molecule has 1 aromatic carbocycles. The maximum Gasteiger partial charge on any atom is 0.361 e. The zero-order valence-corrected chi connectivity index (χ0v) is 10.7. The van der Waals surface area contributed by atoms with Gasteiger partial charge in [0.1, 0.15) is 6.61 Å². The highest BCUT2D eigenvalue weighted by Crippen LogP contribution is 2.32. The maximum absolute atomic E-state index is 11.8. The van der Waals surface area contributed by atoms with Crippen molar-refractivity contribution in [1.82, 2.24) is 5.16 Å². The second kappa shape index (κ2) is 4.76. The average Bonchev–Trinajstić information content (AvgIpc) is 3.03. The monoisotopic (exact) mass is 276 g/mol. The van der Waals surface area contributed by atoms with Crippen molar-refractivity contribution < 1.29 is 23.5 Å². The summed E-state index contributed by atoms with van der Waals surface area (Å²) in [5.41, 5.74) is 6.83. The third-order valence-electron chi connectivity index (χ3n) is 2.96. The number of rotatable bonds is 3. The average molecular weight is 276 g/mol. The van der Waals surface area contributed by atoms with Crippen molar-refractivity contribution in [3.8, 4) is 11.5 Å². The van der Waals surface area contributed by atoms with Crippen LogP contribution in [0.4, 0.5) is 5.88 Å². The Kier molecular flexibility index (Phi) is 2.94. The number of carbonyl (C=O) groups excluding carboxylic acids is 1. The third-order valence-corrected chi connectivity index (χ3v) is 2.96. The van der Waals surface area contributed by atoms with E-state index >= 15 is 0 Å². The van der Waals surface area contributed by atoms with Crippen LogP contribution in [-0.4, -0.2) is 17.9 Å². The molecule has 2 heterocycles. The molecule has 0 atom stereocenters. The molecule has 2 aromatic rings. The number of carbonyl (C=O) groups is 1. The van der Waals surface area contributed by atoms with E-state index in [1.807, 2.05) is 0 Å². The molecule has 0 saturated heterocycles. The summed E-state index contributed by atoms with van der Waals surface area (Å²) in [6.45, 7) is 1.95. The van der Waals surface area contributed by atoms with Crippen molar-refractivity contribution in [3.05, 3.63) is 35.0 Å². The van der Waals surface area contributed by atoms with E-state index in [4.69, 9.17) is 24.5 Å². The Bertz CT molecular complexity index is 665. The first-order chi connectivity index (χ1) is 9.65. The van der Waals surface area contributed by atoms with E-state index in [0.29, 0.717) is 17.1 Å². The van der Waals surface area contributed by atoms with Crippen molar-refractivity contribution >= 4 is 11.9 Å². The summed E-state index contributed by atoms with van der Waals surface area (Å²) in [5.74, 6) is 0.848. The van der Waals surface area contributed by atoms with Crippen molar-refractivity contribution in [2.75, 3.05) is 12.5 Å². The Hall–Kier alpha value is -2.70. The van der Waals surface area contributed by atoms with Crippen LogP contribution in [0.5, 0.6) is 11.5 Å². The first-order valence-electron chi connectivity index (χ1n) is 5.92. The zero-order valence-electron chi connectivity index (χ0n) is 10.7. The van der Waals surface area contributed by atoms with E-state index in [9.17, 15) is 4.79 Å². The molecule has 0 spiro atoms. The third kappa shape index (κ3) is 2.13. The first-order valence-corrected chi connectivity index (χ1v) is 5.92.